The van der Waals surface area contributed by atoms with E-state index in [2.05, 4.69) is 102 Å². The highest BCUT2D eigenvalue weighted by molar-refractivity contribution is 7.54. The van der Waals surface area contributed by atoms with Gasteiger partial charge in [0.1, 0.15) is 45.7 Å². The quantitative estimate of drug-likeness (QED) is 0.0344. The third kappa shape index (κ3) is 13.6. The van der Waals surface area contributed by atoms with Gasteiger partial charge in [0.05, 0.1) is 48.1 Å². The Bertz CT molecular complexity index is 3490. The summed E-state index contributed by atoms with van der Waals surface area (Å²) in [7, 11) is -6.72. The number of hydrogen-bond donors (Lipinski definition) is 2. The first-order chi connectivity index (χ1) is 40.5. The van der Waals surface area contributed by atoms with Crippen LogP contribution >= 0.6 is 15.2 Å². The minimum atomic E-state index is -3.66. The van der Waals surface area contributed by atoms with E-state index < -0.39 is 73.4 Å². The SMILES string of the molecule is CC(C)[Si](Oc1c2c(c(O)c3cccnc13)C(=O)N(Cc1ccc(F)cc1)C2=O)(C(C)C)C(C)C.COP(=O)(CCO)OC.COP(=O)(COc1c2c(c(O[Si](C(C)C)(C(C)C)C(C)C)c3ncccc13)C(=O)N(Cc1ccc(F)cc1)C2=O)OC. The molecule has 0 saturated heterocycles. The van der Waals surface area contributed by atoms with E-state index in [-0.39, 0.29) is 104 Å². The first-order valence-corrected chi connectivity index (χ1v) is 36.1. The van der Waals surface area contributed by atoms with E-state index in [1.54, 1.807) is 36.7 Å². The molecule has 2 aromatic heterocycles. The Morgan fingerprint density at radius 2 is 0.837 bits per heavy atom. The van der Waals surface area contributed by atoms with Crippen molar-refractivity contribution in [2.24, 2.45) is 0 Å². The molecular formula is C61H80F2N4O15P2Si2. The predicted octanol–water partition coefficient (Wildman–Crippen LogP) is 14.4. The Hall–Kier alpha value is -6.27. The summed E-state index contributed by atoms with van der Waals surface area (Å²) in [6.45, 7) is 25.2. The molecule has 0 unspecified atom stereocenters. The third-order valence-corrected chi connectivity index (χ3v) is 31.5. The van der Waals surface area contributed by atoms with Gasteiger partial charge in [-0.25, -0.2) is 8.78 Å². The number of fused-ring (bicyclic) bond motifs is 4. The van der Waals surface area contributed by atoms with Crippen molar-refractivity contribution in [2.75, 3.05) is 47.6 Å². The summed E-state index contributed by atoms with van der Waals surface area (Å²) < 4.78 is 90.0. The maximum Gasteiger partial charge on any atom is 0.367 e. The van der Waals surface area contributed by atoms with Crippen molar-refractivity contribution in [1.29, 1.82) is 0 Å². The smallest absolute Gasteiger partial charge is 0.367 e. The summed E-state index contributed by atoms with van der Waals surface area (Å²) in [6.07, 6.45) is 2.72. The van der Waals surface area contributed by atoms with E-state index in [0.717, 1.165) is 9.80 Å². The molecule has 0 bridgehead atoms. The number of halogens is 2. The van der Waals surface area contributed by atoms with Gasteiger partial charge >= 0.3 is 15.2 Å². The van der Waals surface area contributed by atoms with Gasteiger partial charge in [-0.3, -0.25) is 48.1 Å². The van der Waals surface area contributed by atoms with Crippen LogP contribution in [0.25, 0.3) is 21.8 Å². The molecule has 2 aliphatic heterocycles. The number of carbonyl (C=O) groups excluding carboxylic acids is 4. The lowest BCUT2D eigenvalue weighted by Crippen LogP contribution is -2.51. The van der Waals surface area contributed by atoms with Crippen LogP contribution in [0.3, 0.4) is 0 Å². The molecule has 4 aromatic carbocycles. The number of aliphatic hydroxyl groups is 1. The number of phenols is 1. The van der Waals surface area contributed by atoms with E-state index >= 15 is 0 Å². The van der Waals surface area contributed by atoms with Crippen molar-refractivity contribution in [3.05, 3.63) is 130 Å². The lowest BCUT2D eigenvalue weighted by Gasteiger charge is -2.42. The van der Waals surface area contributed by atoms with Crippen molar-refractivity contribution in [2.45, 2.75) is 129 Å². The van der Waals surface area contributed by atoms with Gasteiger partial charge in [0.15, 0.2) is 6.35 Å². The average molecular weight is 1270 g/mol. The van der Waals surface area contributed by atoms with Crippen LogP contribution < -0.4 is 13.6 Å². The zero-order valence-electron chi connectivity index (χ0n) is 51.7. The van der Waals surface area contributed by atoms with Gasteiger partial charge in [0, 0.05) is 51.6 Å². The number of pyridine rings is 2. The highest BCUT2D eigenvalue weighted by Gasteiger charge is 2.52. The van der Waals surface area contributed by atoms with Gasteiger partial charge in [-0.15, -0.1) is 0 Å². The molecule has 0 aliphatic carbocycles. The summed E-state index contributed by atoms with van der Waals surface area (Å²) in [6, 6.07) is 18.0. The minimum absolute atomic E-state index is 0.00413. The minimum Gasteiger partial charge on any atom is -0.541 e. The second-order valence-electron chi connectivity index (χ2n) is 22.8. The molecule has 4 amide bonds. The normalized spacial score (nSPS) is 13.8. The zero-order chi connectivity index (χ0) is 64.0. The number of rotatable bonds is 23. The number of aromatic nitrogens is 2. The van der Waals surface area contributed by atoms with E-state index in [1.807, 2.05) is 0 Å². The molecular weight excluding hydrogens is 1180 g/mol. The maximum absolute atomic E-state index is 14.2. The first-order valence-electron chi connectivity index (χ1n) is 28.3. The molecule has 4 heterocycles. The van der Waals surface area contributed by atoms with Gasteiger partial charge in [-0.05, 0) is 92.9 Å². The molecule has 8 rings (SSSR count). The molecule has 466 valence electrons. The van der Waals surface area contributed by atoms with Gasteiger partial charge < -0.3 is 41.9 Å². The summed E-state index contributed by atoms with van der Waals surface area (Å²) in [5.74, 6) is -2.88. The molecule has 19 nitrogen and oxygen atoms in total. The fourth-order valence-corrected chi connectivity index (χ4v) is 23.9. The van der Waals surface area contributed by atoms with Gasteiger partial charge in [-0.1, -0.05) is 107 Å². The Balaban J connectivity index is 0.000000243. The zero-order valence-corrected chi connectivity index (χ0v) is 55.5. The van der Waals surface area contributed by atoms with Crippen LogP contribution in [0.5, 0.6) is 23.0 Å². The number of aliphatic hydroxyl groups excluding tert-OH is 1. The van der Waals surface area contributed by atoms with Crippen LogP contribution in [-0.4, -0.2) is 118 Å². The third-order valence-electron chi connectivity index (χ3n) is 16.1. The molecule has 0 fully saturated rings. The molecule has 2 N–H and O–H groups in total. The number of hydrogen-bond acceptors (Lipinski definition) is 17. The Morgan fingerprint density at radius 1 is 0.500 bits per heavy atom. The molecule has 0 radical (unpaired) electrons. The number of phenolic OH excluding ortho intramolecular Hbond substituents is 1. The molecule has 0 spiro atoms. The molecule has 2 aliphatic rings. The number of nitrogens with zero attached hydrogens (tertiary/aromatic N) is 4. The summed E-state index contributed by atoms with van der Waals surface area (Å²) in [4.78, 5) is 66.7. The fourth-order valence-electron chi connectivity index (χ4n) is 12.0. The van der Waals surface area contributed by atoms with Gasteiger partial charge in [-0.2, -0.15) is 0 Å². The molecule has 0 atom stereocenters. The van der Waals surface area contributed by atoms with E-state index in [9.17, 15) is 42.2 Å². The second-order valence-corrected chi connectivity index (χ2v) is 38.2. The average Bonchev–Trinajstić information content (AvgIpc) is 1.51. The standard InChI is InChI=1S/C30H38FN2O7PSi.C27H31FN2O4Si.C4H11O4P/c1-18(2)42(19(3)4,20(5)6)40-28-25-24(29(34)33(30(25)35)16-21-11-13-22(31)14-12-21)27(23-10-9-15-32-26(23)28)39-17-41(36,37-7)38-8;1-15(2)35(16(3)4,17(5)6)34-25-22-21(24(31)20-8-7-13-29-23(20)25)26(32)30(27(22)33)14-18-9-11-19(28)12-10-18;1-7-9(6,8-2)4-3-5/h9-15,18-20H,16-17H2,1-8H3;7-13,15-17,31H,14H2,1-6H3;5H,3-4H2,1-2H3. The lowest BCUT2D eigenvalue weighted by atomic mass is 10.0. The lowest BCUT2D eigenvalue weighted by molar-refractivity contribution is 0.0625. The van der Waals surface area contributed by atoms with Crippen LogP contribution in [0.15, 0.2) is 85.2 Å². The number of ether oxygens (including phenoxy) is 1. The van der Waals surface area contributed by atoms with Crippen LogP contribution in [-0.2, 0) is 40.3 Å². The summed E-state index contributed by atoms with van der Waals surface area (Å²) in [5.41, 5.74) is 3.08. The van der Waals surface area contributed by atoms with Crippen LogP contribution in [0, 0.1) is 11.6 Å². The van der Waals surface area contributed by atoms with Crippen molar-refractivity contribution >= 4 is 77.3 Å². The monoisotopic (exact) mass is 1260 g/mol. The largest absolute Gasteiger partial charge is 0.541 e. The van der Waals surface area contributed by atoms with Crippen molar-refractivity contribution < 1.29 is 79.0 Å². The fraction of sp³-hybridized carbons (Fsp3) is 0.443. The number of carbonyl (C=O) groups is 4. The van der Waals surface area contributed by atoms with Crippen LogP contribution in [0.2, 0.25) is 33.2 Å². The summed E-state index contributed by atoms with van der Waals surface area (Å²) >= 11 is 0. The highest BCUT2D eigenvalue weighted by atomic mass is 31.2. The molecule has 0 saturated carbocycles. The van der Waals surface area contributed by atoms with Crippen LogP contribution in [0.1, 0.15) is 136 Å². The molecule has 6 aromatic rings. The van der Waals surface area contributed by atoms with Crippen molar-refractivity contribution in [3.8, 4) is 23.0 Å². The van der Waals surface area contributed by atoms with Crippen molar-refractivity contribution in [1.82, 2.24) is 19.8 Å². The number of amides is 4. The Labute approximate surface area is 504 Å². The number of benzene rings is 4. The van der Waals surface area contributed by atoms with Gasteiger partial charge in [0.25, 0.3) is 40.3 Å². The Morgan fingerprint density at radius 3 is 1.19 bits per heavy atom. The van der Waals surface area contributed by atoms with E-state index in [4.69, 9.17) is 27.7 Å². The van der Waals surface area contributed by atoms with Crippen molar-refractivity contribution in [3.63, 3.8) is 0 Å². The predicted molar refractivity (Wildman–Crippen MR) is 330 cm³/mol. The second kappa shape index (κ2) is 28.3. The maximum atomic E-state index is 14.2. The summed E-state index contributed by atoms with van der Waals surface area (Å²) in [5, 5.41) is 20.2. The molecule has 86 heavy (non-hydrogen) atoms. The van der Waals surface area contributed by atoms with Crippen LogP contribution in [0.4, 0.5) is 8.78 Å². The number of aromatic hydroxyl groups is 1. The van der Waals surface area contributed by atoms with Gasteiger partial charge in [0.2, 0.25) is 0 Å². The topological polar surface area (TPSA) is 240 Å². The highest BCUT2D eigenvalue weighted by Crippen LogP contribution is 2.53. The first kappa shape index (κ1) is 68.8. The number of imide groups is 2. The van der Waals surface area contributed by atoms with E-state index in [0.29, 0.717) is 32.9 Å². The Kier molecular flexibility index (Phi) is 22.6. The van der Waals surface area contributed by atoms with E-state index in [1.165, 1.54) is 77.0 Å². The molecule has 25 heteroatoms.